The minimum absolute atomic E-state index is 0.682. The fourth-order valence-electron chi connectivity index (χ4n) is 3.91. The molecule has 0 saturated heterocycles. The Bertz CT molecular complexity index is 730. The minimum Gasteiger partial charge on any atom is -0.492 e. The first-order valence-corrected chi connectivity index (χ1v) is 9.24. The van der Waals surface area contributed by atoms with Crippen molar-refractivity contribution in [2.45, 2.75) is 19.8 Å². The first kappa shape index (κ1) is 16.3. The minimum atomic E-state index is 0.682. The highest BCUT2D eigenvalue weighted by Crippen LogP contribution is 2.39. The molecule has 4 heteroatoms. The quantitative estimate of drug-likeness (QED) is 0.929. The van der Waals surface area contributed by atoms with E-state index in [0.29, 0.717) is 6.61 Å². The molecule has 0 saturated carbocycles. The van der Waals surface area contributed by atoms with E-state index in [2.05, 4.69) is 23.2 Å². The van der Waals surface area contributed by atoms with Crippen LogP contribution in [0.5, 0.6) is 11.5 Å². The van der Waals surface area contributed by atoms with Crippen LogP contribution in [-0.4, -0.2) is 39.4 Å². The molecular weight excluding hydrogens is 312 g/mol. The third-order valence-corrected chi connectivity index (χ3v) is 5.17. The molecule has 0 spiro atoms. The molecular formula is C21H26N2O2. The molecule has 4 rings (SSSR count). The molecule has 132 valence electrons. The average molecular weight is 338 g/mol. The van der Waals surface area contributed by atoms with Gasteiger partial charge in [0.05, 0.1) is 18.8 Å². The predicted molar refractivity (Wildman–Crippen MR) is 101 cm³/mol. The zero-order chi connectivity index (χ0) is 17.1. The van der Waals surface area contributed by atoms with Crippen molar-refractivity contribution in [2.75, 3.05) is 44.3 Å². The maximum Gasteiger partial charge on any atom is 0.143 e. The molecule has 2 aliphatic heterocycles. The predicted octanol–water partition coefficient (Wildman–Crippen LogP) is 2.96. The van der Waals surface area contributed by atoms with Gasteiger partial charge < -0.3 is 19.7 Å². The number of fused-ring (bicyclic) bond motifs is 2. The van der Waals surface area contributed by atoms with E-state index in [1.807, 2.05) is 30.3 Å². The molecule has 2 aromatic rings. The van der Waals surface area contributed by atoms with Crippen LogP contribution in [-0.2, 0) is 12.8 Å². The lowest BCUT2D eigenvalue weighted by Gasteiger charge is -2.34. The molecule has 0 aliphatic carbocycles. The second-order valence-electron chi connectivity index (χ2n) is 6.73. The van der Waals surface area contributed by atoms with Crippen LogP contribution in [0, 0.1) is 6.92 Å². The third-order valence-electron chi connectivity index (χ3n) is 5.17. The van der Waals surface area contributed by atoms with E-state index in [0.717, 1.165) is 57.1 Å². The molecule has 25 heavy (non-hydrogen) atoms. The van der Waals surface area contributed by atoms with Crippen molar-refractivity contribution in [3.8, 4) is 11.5 Å². The van der Waals surface area contributed by atoms with Crippen LogP contribution in [0.1, 0.15) is 16.7 Å². The smallest absolute Gasteiger partial charge is 0.143 e. The summed E-state index contributed by atoms with van der Waals surface area (Å²) in [6.45, 7) is 7.59. The number of ether oxygens (including phenoxy) is 2. The summed E-state index contributed by atoms with van der Waals surface area (Å²) in [4.78, 5) is 2.43. The van der Waals surface area contributed by atoms with Gasteiger partial charge in [0.1, 0.15) is 24.7 Å². The van der Waals surface area contributed by atoms with Gasteiger partial charge in [0, 0.05) is 0 Å². The molecule has 0 radical (unpaired) electrons. The lowest BCUT2D eigenvalue weighted by Crippen LogP contribution is -2.36. The van der Waals surface area contributed by atoms with Gasteiger partial charge in [-0.15, -0.1) is 0 Å². The standard InChI is InChI=1S/C21H26N2O2/c1-16-19-8-10-22-9-7-17(19)15-20-21(16)23(12-14-25-20)11-13-24-18-5-3-2-4-6-18/h2-6,15,22H,7-14H2,1H3. The summed E-state index contributed by atoms with van der Waals surface area (Å²) in [5, 5.41) is 3.50. The van der Waals surface area contributed by atoms with Crippen molar-refractivity contribution >= 4 is 5.69 Å². The molecule has 0 amide bonds. The van der Waals surface area contributed by atoms with Crippen molar-refractivity contribution in [3.63, 3.8) is 0 Å². The highest BCUT2D eigenvalue weighted by molar-refractivity contribution is 5.69. The molecule has 0 bridgehead atoms. The Morgan fingerprint density at radius 2 is 2.00 bits per heavy atom. The van der Waals surface area contributed by atoms with Gasteiger partial charge >= 0.3 is 0 Å². The van der Waals surface area contributed by atoms with E-state index < -0.39 is 0 Å². The Morgan fingerprint density at radius 1 is 1.16 bits per heavy atom. The van der Waals surface area contributed by atoms with Crippen LogP contribution < -0.4 is 19.7 Å². The van der Waals surface area contributed by atoms with Crippen molar-refractivity contribution in [3.05, 3.63) is 53.1 Å². The van der Waals surface area contributed by atoms with Crippen LogP contribution in [0.2, 0.25) is 0 Å². The molecule has 2 heterocycles. The lowest BCUT2D eigenvalue weighted by atomic mass is 9.94. The summed E-state index contributed by atoms with van der Waals surface area (Å²) >= 11 is 0. The number of anilines is 1. The monoisotopic (exact) mass is 338 g/mol. The number of nitrogens with one attached hydrogen (secondary N) is 1. The SMILES string of the molecule is Cc1c2c(cc3c1N(CCOc1ccccc1)CCO3)CCNCC2. The number of rotatable bonds is 4. The van der Waals surface area contributed by atoms with E-state index in [1.54, 1.807) is 0 Å². The Morgan fingerprint density at radius 3 is 2.88 bits per heavy atom. The molecule has 0 unspecified atom stereocenters. The van der Waals surface area contributed by atoms with Gasteiger partial charge in [-0.3, -0.25) is 0 Å². The van der Waals surface area contributed by atoms with Gasteiger partial charge in [-0.25, -0.2) is 0 Å². The zero-order valence-corrected chi connectivity index (χ0v) is 14.9. The molecule has 0 atom stereocenters. The Hall–Kier alpha value is -2.20. The van der Waals surface area contributed by atoms with E-state index in [1.165, 1.54) is 22.4 Å². The lowest BCUT2D eigenvalue weighted by molar-refractivity contribution is 0.288. The van der Waals surface area contributed by atoms with E-state index in [-0.39, 0.29) is 0 Å². The van der Waals surface area contributed by atoms with E-state index in [9.17, 15) is 0 Å². The first-order valence-electron chi connectivity index (χ1n) is 9.24. The first-order chi connectivity index (χ1) is 12.3. The van der Waals surface area contributed by atoms with E-state index >= 15 is 0 Å². The number of benzene rings is 2. The highest BCUT2D eigenvalue weighted by atomic mass is 16.5. The largest absolute Gasteiger partial charge is 0.492 e. The van der Waals surface area contributed by atoms with Crippen LogP contribution in [0.25, 0.3) is 0 Å². The summed E-state index contributed by atoms with van der Waals surface area (Å²) in [6.07, 6.45) is 2.19. The fourth-order valence-corrected chi connectivity index (χ4v) is 3.91. The summed E-state index contributed by atoms with van der Waals surface area (Å²) in [6, 6.07) is 12.3. The van der Waals surface area contributed by atoms with Gasteiger partial charge in [0.15, 0.2) is 0 Å². The number of para-hydroxylation sites is 1. The topological polar surface area (TPSA) is 33.7 Å². The second-order valence-corrected chi connectivity index (χ2v) is 6.73. The van der Waals surface area contributed by atoms with Crippen LogP contribution in [0.3, 0.4) is 0 Å². The summed E-state index contributed by atoms with van der Waals surface area (Å²) in [5.74, 6) is 1.98. The maximum absolute atomic E-state index is 6.00. The summed E-state index contributed by atoms with van der Waals surface area (Å²) in [7, 11) is 0. The Labute approximate surface area is 149 Å². The average Bonchev–Trinajstić information content (AvgIpc) is 2.88. The normalized spacial score (nSPS) is 16.4. The molecule has 1 N–H and O–H groups in total. The maximum atomic E-state index is 6.00. The van der Waals surface area contributed by atoms with E-state index in [4.69, 9.17) is 9.47 Å². The Kier molecular flexibility index (Phi) is 4.79. The molecule has 2 aliphatic rings. The second kappa shape index (κ2) is 7.36. The Balaban J connectivity index is 1.53. The van der Waals surface area contributed by atoms with Crippen molar-refractivity contribution in [1.82, 2.24) is 5.32 Å². The van der Waals surface area contributed by atoms with Gasteiger partial charge in [-0.2, -0.15) is 0 Å². The molecule has 0 fully saturated rings. The molecule has 2 aromatic carbocycles. The highest BCUT2D eigenvalue weighted by Gasteiger charge is 2.24. The third kappa shape index (κ3) is 3.45. The van der Waals surface area contributed by atoms with Gasteiger partial charge in [-0.1, -0.05) is 18.2 Å². The van der Waals surface area contributed by atoms with Crippen LogP contribution in [0.15, 0.2) is 36.4 Å². The van der Waals surface area contributed by atoms with Crippen LogP contribution in [0.4, 0.5) is 5.69 Å². The summed E-state index contributed by atoms with van der Waals surface area (Å²) in [5.41, 5.74) is 5.60. The van der Waals surface area contributed by atoms with Gasteiger partial charge in [0.2, 0.25) is 0 Å². The zero-order valence-electron chi connectivity index (χ0n) is 14.9. The van der Waals surface area contributed by atoms with Crippen molar-refractivity contribution in [1.29, 1.82) is 0 Å². The van der Waals surface area contributed by atoms with Gasteiger partial charge in [-0.05, 0) is 67.7 Å². The number of hydrogen-bond acceptors (Lipinski definition) is 4. The van der Waals surface area contributed by atoms with Gasteiger partial charge in [0.25, 0.3) is 0 Å². The number of hydrogen-bond donors (Lipinski definition) is 1. The molecule has 4 nitrogen and oxygen atoms in total. The van der Waals surface area contributed by atoms with Crippen molar-refractivity contribution in [2.24, 2.45) is 0 Å². The fraction of sp³-hybridized carbons (Fsp3) is 0.429. The molecule has 0 aromatic heterocycles. The van der Waals surface area contributed by atoms with Crippen molar-refractivity contribution < 1.29 is 9.47 Å². The number of nitrogens with zero attached hydrogens (tertiary/aromatic N) is 1. The summed E-state index contributed by atoms with van der Waals surface area (Å²) < 4.78 is 11.9. The van der Waals surface area contributed by atoms with Crippen LogP contribution >= 0.6 is 0 Å².